The predicted octanol–water partition coefficient (Wildman–Crippen LogP) is 3.28. The van der Waals surface area contributed by atoms with Gasteiger partial charge in [0.1, 0.15) is 5.75 Å². The molecule has 1 aliphatic rings. The lowest BCUT2D eigenvalue weighted by molar-refractivity contribution is -0.171. The topological polar surface area (TPSA) is 66.8 Å². The summed E-state index contributed by atoms with van der Waals surface area (Å²) in [4.78, 5) is 10.9. The van der Waals surface area contributed by atoms with E-state index in [1.54, 1.807) is 6.07 Å². The smallest absolute Gasteiger partial charge is 0.335 e. The molecule has 1 heterocycles. The molecule has 0 aromatic heterocycles. The molecule has 1 aromatic rings. The summed E-state index contributed by atoms with van der Waals surface area (Å²) in [7, 11) is 0. The van der Waals surface area contributed by atoms with Crippen LogP contribution in [-0.4, -0.2) is 21.8 Å². The number of aromatic carboxylic acids is 1. The van der Waals surface area contributed by atoms with Crippen molar-refractivity contribution in [2.75, 3.05) is 0 Å². The number of aromatic hydroxyl groups is 1. The van der Waals surface area contributed by atoms with Gasteiger partial charge in [-0.05, 0) is 52.2 Å². The van der Waals surface area contributed by atoms with Gasteiger partial charge in [0.25, 0.3) is 0 Å². The van der Waals surface area contributed by atoms with Crippen molar-refractivity contribution >= 4 is 5.97 Å². The first-order valence-electron chi connectivity index (χ1n) is 6.50. The molecule has 0 saturated carbocycles. The maximum Gasteiger partial charge on any atom is 0.335 e. The number of phenolic OH excluding ortho intramolecular Hbond substituents is 1. The lowest BCUT2D eigenvalue weighted by Gasteiger charge is -2.44. The Morgan fingerprint density at radius 1 is 1.26 bits per heavy atom. The Hall–Kier alpha value is -1.55. The summed E-state index contributed by atoms with van der Waals surface area (Å²) in [6.45, 7) is 6.02. The number of carbonyl (C=O) groups is 1. The van der Waals surface area contributed by atoms with Crippen molar-refractivity contribution in [3.05, 3.63) is 29.3 Å². The van der Waals surface area contributed by atoms with Gasteiger partial charge in [0, 0.05) is 5.56 Å². The molecule has 0 bridgehead atoms. The molecule has 0 amide bonds. The SMILES string of the molecule is CC1(C)CCCC(C)(c2ccc(C(=O)O)cc2O)O1. The molecule has 1 fully saturated rings. The Morgan fingerprint density at radius 3 is 2.47 bits per heavy atom. The number of ether oxygens (including phenoxy) is 1. The highest BCUT2D eigenvalue weighted by Crippen LogP contribution is 2.44. The Kier molecular flexibility index (Phi) is 3.31. The molecular weight excluding hydrogens is 244 g/mol. The number of carboxylic acids is 1. The zero-order valence-electron chi connectivity index (χ0n) is 11.6. The summed E-state index contributed by atoms with van der Waals surface area (Å²) in [6, 6.07) is 4.45. The summed E-state index contributed by atoms with van der Waals surface area (Å²) < 4.78 is 6.12. The maximum atomic E-state index is 10.9. The Labute approximate surface area is 113 Å². The van der Waals surface area contributed by atoms with Gasteiger partial charge < -0.3 is 14.9 Å². The van der Waals surface area contributed by atoms with Gasteiger partial charge >= 0.3 is 5.97 Å². The lowest BCUT2D eigenvalue weighted by Crippen LogP contribution is -2.41. The lowest BCUT2D eigenvalue weighted by atomic mass is 9.82. The minimum Gasteiger partial charge on any atom is -0.508 e. The fraction of sp³-hybridized carbons (Fsp3) is 0.533. The molecule has 1 unspecified atom stereocenters. The predicted molar refractivity (Wildman–Crippen MR) is 71.4 cm³/mol. The van der Waals surface area contributed by atoms with Gasteiger partial charge in [-0.25, -0.2) is 4.79 Å². The minimum absolute atomic E-state index is 0.0138. The van der Waals surface area contributed by atoms with E-state index in [4.69, 9.17) is 9.84 Å². The van der Waals surface area contributed by atoms with E-state index >= 15 is 0 Å². The van der Waals surface area contributed by atoms with Crippen molar-refractivity contribution < 1.29 is 19.7 Å². The zero-order valence-corrected chi connectivity index (χ0v) is 11.6. The fourth-order valence-electron chi connectivity index (χ4n) is 2.86. The van der Waals surface area contributed by atoms with E-state index in [9.17, 15) is 9.90 Å². The first-order valence-corrected chi connectivity index (χ1v) is 6.50. The largest absolute Gasteiger partial charge is 0.508 e. The summed E-state index contributed by atoms with van der Waals surface area (Å²) >= 11 is 0. The van der Waals surface area contributed by atoms with Crippen molar-refractivity contribution in [3.8, 4) is 5.75 Å². The van der Waals surface area contributed by atoms with Gasteiger partial charge in [0.2, 0.25) is 0 Å². The average molecular weight is 264 g/mol. The monoisotopic (exact) mass is 264 g/mol. The van der Waals surface area contributed by atoms with Crippen LogP contribution in [0.15, 0.2) is 18.2 Å². The van der Waals surface area contributed by atoms with Crippen LogP contribution in [0.5, 0.6) is 5.75 Å². The number of phenols is 1. The van der Waals surface area contributed by atoms with Crippen LogP contribution in [-0.2, 0) is 10.3 Å². The maximum absolute atomic E-state index is 10.9. The molecule has 104 valence electrons. The Bertz CT molecular complexity index is 507. The third-order valence-electron chi connectivity index (χ3n) is 3.75. The summed E-state index contributed by atoms with van der Waals surface area (Å²) in [5.41, 5.74) is -0.0569. The molecule has 1 aromatic carbocycles. The van der Waals surface area contributed by atoms with Crippen molar-refractivity contribution in [1.82, 2.24) is 0 Å². The molecule has 4 nitrogen and oxygen atoms in total. The molecule has 1 aliphatic heterocycles. The summed E-state index contributed by atoms with van der Waals surface area (Å²) in [5.74, 6) is -1.06. The average Bonchev–Trinajstić information content (AvgIpc) is 2.26. The van der Waals surface area contributed by atoms with Crippen LogP contribution in [0.4, 0.5) is 0 Å². The van der Waals surface area contributed by atoms with Gasteiger partial charge in [-0.3, -0.25) is 0 Å². The van der Waals surface area contributed by atoms with Crippen LogP contribution in [0.2, 0.25) is 0 Å². The fourth-order valence-corrected chi connectivity index (χ4v) is 2.86. The minimum atomic E-state index is -1.04. The molecule has 0 spiro atoms. The van der Waals surface area contributed by atoms with Crippen LogP contribution in [0, 0.1) is 0 Å². The normalized spacial score (nSPS) is 26.1. The van der Waals surface area contributed by atoms with E-state index in [0.717, 1.165) is 19.3 Å². The number of carboxylic acid groups (broad SMARTS) is 1. The molecule has 19 heavy (non-hydrogen) atoms. The molecule has 4 heteroatoms. The van der Waals surface area contributed by atoms with Crippen molar-refractivity contribution in [2.45, 2.75) is 51.2 Å². The third kappa shape index (κ3) is 2.73. The second-order valence-electron chi connectivity index (χ2n) is 5.98. The quantitative estimate of drug-likeness (QED) is 0.860. The summed E-state index contributed by atoms with van der Waals surface area (Å²) in [6.07, 6.45) is 2.82. The highest BCUT2D eigenvalue weighted by molar-refractivity contribution is 5.88. The van der Waals surface area contributed by atoms with E-state index in [1.165, 1.54) is 12.1 Å². The van der Waals surface area contributed by atoms with Crippen LogP contribution in [0.3, 0.4) is 0 Å². The third-order valence-corrected chi connectivity index (χ3v) is 3.75. The van der Waals surface area contributed by atoms with Crippen molar-refractivity contribution in [3.63, 3.8) is 0 Å². The second-order valence-corrected chi connectivity index (χ2v) is 5.98. The van der Waals surface area contributed by atoms with Gasteiger partial charge in [0.05, 0.1) is 16.8 Å². The van der Waals surface area contributed by atoms with Gasteiger partial charge in [-0.15, -0.1) is 0 Å². The molecule has 1 atom stereocenters. The first-order chi connectivity index (χ1) is 8.73. The molecule has 2 rings (SSSR count). The molecule has 2 N–H and O–H groups in total. The van der Waals surface area contributed by atoms with Crippen LogP contribution in [0.25, 0.3) is 0 Å². The van der Waals surface area contributed by atoms with E-state index in [-0.39, 0.29) is 16.9 Å². The molecule has 0 aliphatic carbocycles. The first kappa shape index (κ1) is 13.9. The highest BCUT2D eigenvalue weighted by atomic mass is 16.5. The Morgan fingerprint density at radius 2 is 1.95 bits per heavy atom. The van der Waals surface area contributed by atoms with Crippen LogP contribution < -0.4 is 0 Å². The van der Waals surface area contributed by atoms with E-state index in [1.807, 2.05) is 20.8 Å². The van der Waals surface area contributed by atoms with Crippen LogP contribution in [0.1, 0.15) is 56.0 Å². The van der Waals surface area contributed by atoms with Crippen molar-refractivity contribution in [2.24, 2.45) is 0 Å². The van der Waals surface area contributed by atoms with Gasteiger partial charge in [-0.1, -0.05) is 6.07 Å². The van der Waals surface area contributed by atoms with Crippen LogP contribution >= 0.6 is 0 Å². The second kappa shape index (κ2) is 4.53. The number of benzene rings is 1. The number of hydrogen-bond acceptors (Lipinski definition) is 3. The summed E-state index contributed by atoms with van der Waals surface area (Å²) in [5, 5.41) is 19.0. The molecule has 0 radical (unpaired) electrons. The number of hydrogen-bond donors (Lipinski definition) is 2. The highest BCUT2D eigenvalue weighted by Gasteiger charge is 2.40. The molecular formula is C15H20O4. The van der Waals surface area contributed by atoms with E-state index < -0.39 is 11.6 Å². The Balaban J connectivity index is 2.38. The standard InChI is InChI=1S/C15H20O4/c1-14(2)7-4-8-15(3,19-14)11-6-5-10(13(17)18)9-12(11)16/h5-6,9,16H,4,7-8H2,1-3H3,(H,17,18). The van der Waals surface area contributed by atoms with E-state index in [0.29, 0.717) is 5.56 Å². The van der Waals surface area contributed by atoms with E-state index in [2.05, 4.69) is 0 Å². The zero-order chi connectivity index (χ0) is 14.3. The van der Waals surface area contributed by atoms with Gasteiger partial charge in [-0.2, -0.15) is 0 Å². The van der Waals surface area contributed by atoms with Gasteiger partial charge in [0.15, 0.2) is 0 Å². The number of rotatable bonds is 2. The molecule has 1 saturated heterocycles. The van der Waals surface area contributed by atoms with Crippen molar-refractivity contribution in [1.29, 1.82) is 0 Å².